The number of hydrogen-bond donors (Lipinski definition) is 1. The van der Waals surface area contributed by atoms with Crippen molar-refractivity contribution in [3.05, 3.63) is 69.9 Å². The first kappa shape index (κ1) is 23.1. The topological polar surface area (TPSA) is 57.7 Å². The Morgan fingerprint density at radius 1 is 1.18 bits per heavy atom. The zero-order chi connectivity index (χ0) is 23.7. The predicted octanol–water partition coefficient (Wildman–Crippen LogP) is 6.23. The van der Waals surface area contributed by atoms with Crippen molar-refractivity contribution < 1.29 is 9.53 Å². The number of nitrogens with zero attached hydrogens (tertiary/aromatic N) is 3. The van der Waals surface area contributed by atoms with Crippen LogP contribution in [0.5, 0.6) is 5.75 Å². The van der Waals surface area contributed by atoms with Gasteiger partial charge in [0.2, 0.25) is 0 Å². The van der Waals surface area contributed by atoms with Crippen molar-refractivity contribution in [1.29, 1.82) is 0 Å². The maximum Gasteiger partial charge on any atom is 0.326 e. The fourth-order valence-electron chi connectivity index (χ4n) is 4.63. The summed E-state index contributed by atoms with van der Waals surface area (Å²) < 4.78 is 7.26. The number of anilines is 2. The van der Waals surface area contributed by atoms with Crippen LogP contribution >= 0.6 is 27.5 Å². The number of carbonyl (C=O) groups excluding carboxylic acids is 1. The van der Waals surface area contributed by atoms with E-state index in [4.69, 9.17) is 16.3 Å². The summed E-state index contributed by atoms with van der Waals surface area (Å²) in [6, 6.07) is 13.2. The third-order valence-electron chi connectivity index (χ3n) is 6.36. The van der Waals surface area contributed by atoms with E-state index in [1.54, 1.807) is 23.4 Å². The van der Waals surface area contributed by atoms with Gasteiger partial charge in [-0.15, -0.1) is 0 Å². The lowest BCUT2D eigenvalue weighted by atomic mass is 10.1. The van der Waals surface area contributed by atoms with Crippen LogP contribution in [0.3, 0.4) is 0 Å². The SMILES string of the molecule is CN1CCC[C@@H](Oc2cc3c(cc2Br)CCN3C(=O)Nc2ccc(-c3ccncc3)c(Cl)c2)C1. The molecule has 3 aromatic rings. The van der Waals surface area contributed by atoms with Crippen LogP contribution < -0.4 is 15.0 Å². The van der Waals surface area contributed by atoms with Gasteiger partial charge in [0.05, 0.1) is 15.2 Å². The largest absolute Gasteiger partial charge is 0.488 e. The molecule has 1 aromatic heterocycles. The molecule has 1 saturated heterocycles. The molecule has 1 N–H and O–H groups in total. The van der Waals surface area contributed by atoms with Crippen molar-refractivity contribution in [1.82, 2.24) is 9.88 Å². The quantitative estimate of drug-likeness (QED) is 0.425. The van der Waals surface area contributed by atoms with E-state index in [-0.39, 0.29) is 12.1 Å². The predicted molar refractivity (Wildman–Crippen MR) is 140 cm³/mol. The molecule has 1 atom stereocenters. The van der Waals surface area contributed by atoms with Gasteiger partial charge < -0.3 is 15.0 Å². The van der Waals surface area contributed by atoms with Gasteiger partial charge in [0.15, 0.2) is 0 Å². The minimum Gasteiger partial charge on any atom is -0.488 e. The molecule has 2 aliphatic heterocycles. The van der Waals surface area contributed by atoms with Gasteiger partial charge in [0.25, 0.3) is 0 Å². The van der Waals surface area contributed by atoms with E-state index in [1.165, 1.54) is 0 Å². The number of nitrogens with one attached hydrogen (secondary N) is 1. The summed E-state index contributed by atoms with van der Waals surface area (Å²) in [6.07, 6.45) is 6.58. The normalized spacial score (nSPS) is 18.0. The molecular weight excluding hydrogens is 516 g/mol. The van der Waals surface area contributed by atoms with E-state index in [0.717, 1.165) is 65.0 Å². The first-order chi connectivity index (χ1) is 16.5. The minimum atomic E-state index is -0.183. The Balaban J connectivity index is 1.32. The van der Waals surface area contributed by atoms with E-state index >= 15 is 0 Å². The zero-order valence-electron chi connectivity index (χ0n) is 18.9. The lowest BCUT2D eigenvalue weighted by molar-refractivity contribution is 0.104. The average molecular weight is 542 g/mol. The molecule has 176 valence electrons. The van der Waals surface area contributed by atoms with Crippen molar-refractivity contribution in [3.63, 3.8) is 0 Å². The second kappa shape index (κ2) is 9.94. The number of likely N-dealkylation sites (tertiary alicyclic amines) is 1. The number of amides is 2. The Hall–Kier alpha value is -2.61. The standard InChI is InChI=1S/C26H26BrClN4O2/c1-31-11-2-3-20(16-31)34-25-15-24-18(13-22(25)27)8-12-32(24)26(33)30-19-4-5-21(23(28)14-19)17-6-9-29-10-7-17/h4-7,9-10,13-15,20H,2-3,8,11-12,16H2,1H3,(H,30,33)/t20-/m1/s1. The summed E-state index contributed by atoms with van der Waals surface area (Å²) in [5, 5.41) is 3.57. The number of piperidine rings is 1. The Morgan fingerprint density at radius 2 is 2.00 bits per heavy atom. The second-order valence-electron chi connectivity index (χ2n) is 8.82. The highest BCUT2D eigenvalue weighted by Crippen LogP contribution is 2.39. The summed E-state index contributed by atoms with van der Waals surface area (Å²) >= 11 is 10.2. The van der Waals surface area contributed by atoms with Gasteiger partial charge >= 0.3 is 6.03 Å². The van der Waals surface area contributed by atoms with Crippen LogP contribution in [0.25, 0.3) is 11.1 Å². The number of ether oxygens (including phenoxy) is 1. The Morgan fingerprint density at radius 3 is 2.76 bits per heavy atom. The van der Waals surface area contributed by atoms with Crippen molar-refractivity contribution in [2.75, 3.05) is 36.9 Å². The molecular formula is C26H26BrClN4O2. The molecule has 8 heteroatoms. The average Bonchev–Trinajstić information content (AvgIpc) is 3.23. The molecule has 2 amide bonds. The van der Waals surface area contributed by atoms with Crippen molar-refractivity contribution >= 4 is 44.9 Å². The van der Waals surface area contributed by atoms with Crippen molar-refractivity contribution in [2.45, 2.75) is 25.4 Å². The second-order valence-corrected chi connectivity index (χ2v) is 10.1. The number of halogens is 2. The molecule has 0 radical (unpaired) electrons. The number of benzene rings is 2. The van der Waals surface area contributed by atoms with Crippen LogP contribution in [0.1, 0.15) is 18.4 Å². The van der Waals surface area contributed by atoms with Gasteiger partial charge in [0.1, 0.15) is 11.9 Å². The molecule has 2 aliphatic rings. The molecule has 5 rings (SSSR count). The van der Waals surface area contributed by atoms with Gasteiger partial charge in [-0.3, -0.25) is 9.88 Å². The molecule has 0 bridgehead atoms. The van der Waals surface area contributed by atoms with Gasteiger partial charge in [-0.25, -0.2) is 4.79 Å². The number of carbonyl (C=O) groups is 1. The number of urea groups is 1. The van der Waals surface area contributed by atoms with E-state index in [1.807, 2.05) is 30.3 Å². The van der Waals surface area contributed by atoms with Gasteiger partial charge in [0, 0.05) is 42.8 Å². The van der Waals surface area contributed by atoms with E-state index < -0.39 is 0 Å². The lowest BCUT2D eigenvalue weighted by Gasteiger charge is -2.30. The van der Waals surface area contributed by atoms with Crippen molar-refractivity contribution in [3.8, 4) is 16.9 Å². The van der Waals surface area contributed by atoms with Crippen LogP contribution in [-0.2, 0) is 6.42 Å². The fourth-order valence-corrected chi connectivity index (χ4v) is 5.41. The number of hydrogen-bond acceptors (Lipinski definition) is 4. The van der Waals surface area contributed by atoms with E-state index in [9.17, 15) is 4.79 Å². The monoisotopic (exact) mass is 540 g/mol. The van der Waals surface area contributed by atoms with Crippen LogP contribution in [0.4, 0.5) is 16.2 Å². The van der Waals surface area contributed by atoms with Gasteiger partial charge in [-0.05, 0) is 90.2 Å². The summed E-state index contributed by atoms with van der Waals surface area (Å²) in [7, 11) is 2.12. The van der Waals surface area contributed by atoms with Crippen LogP contribution in [-0.4, -0.2) is 48.7 Å². The van der Waals surface area contributed by atoms with E-state index in [0.29, 0.717) is 17.3 Å². The highest BCUT2D eigenvalue weighted by atomic mass is 79.9. The number of likely N-dealkylation sites (N-methyl/N-ethyl adjacent to an activating group) is 1. The zero-order valence-corrected chi connectivity index (χ0v) is 21.3. The first-order valence-corrected chi connectivity index (χ1v) is 12.6. The molecule has 3 heterocycles. The molecule has 0 spiro atoms. The first-order valence-electron chi connectivity index (χ1n) is 11.4. The lowest BCUT2D eigenvalue weighted by Crippen LogP contribution is -2.38. The number of fused-ring (bicyclic) bond motifs is 1. The number of aromatic nitrogens is 1. The minimum absolute atomic E-state index is 0.151. The highest BCUT2D eigenvalue weighted by molar-refractivity contribution is 9.10. The number of pyridine rings is 1. The molecule has 34 heavy (non-hydrogen) atoms. The molecule has 0 saturated carbocycles. The molecule has 6 nitrogen and oxygen atoms in total. The highest BCUT2D eigenvalue weighted by Gasteiger charge is 2.28. The van der Waals surface area contributed by atoms with Crippen LogP contribution in [0.2, 0.25) is 5.02 Å². The molecule has 1 fully saturated rings. The van der Waals surface area contributed by atoms with Crippen LogP contribution in [0.15, 0.2) is 59.3 Å². The fraction of sp³-hybridized carbons (Fsp3) is 0.308. The third-order valence-corrected chi connectivity index (χ3v) is 7.29. The molecule has 0 unspecified atom stereocenters. The Labute approximate surface area is 213 Å². The van der Waals surface area contributed by atoms with E-state index in [2.05, 4.69) is 44.2 Å². The summed E-state index contributed by atoms with van der Waals surface area (Å²) in [4.78, 5) is 21.3. The third kappa shape index (κ3) is 4.92. The Bertz CT molecular complexity index is 1210. The number of rotatable bonds is 4. The van der Waals surface area contributed by atoms with Crippen LogP contribution in [0, 0.1) is 0 Å². The maximum absolute atomic E-state index is 13.2. The smallest absolute Gasteiger partial charge is 0.326 e. The van der Waals surface area contributed by atoms with Gasteiger partial charge in [-0.2, -0.15) is 0 Å². The Kier molecular flexibility index (Phi) is 6.77. The maximum atomic E-state index is 13.2. The summed E-state index contributed by atoms with van der Waals surface area (Å²) in [5.74, 6) is 0.781. The van der Waals surface area contributed by atoms with Crippen molar-refractivity contribution in [2.24, 2.45) is 0 Å². The molecule has 0 aliphatic carbocycles. The molecule has 2 aromatic carbocycles. The summed E-state index contributed by atoms with van der Waals surface area (Å²) in [5.41, 5.74) is 4.54. The van der Waals surface area contributed by atoms with Gasteiger partial charge in [-0.1, -0.05) is 17.7 Å². The summed E-state index contributed by atoms with van der Waals surface area (Å²) in [6.45, 7) is 2.63.